The fourth-order valence-corrected chi connectivity index (χ4v) is 2.81. The summed E-state index contributed by atoms with van der Waals surface area (Å²) < 4.78 is 11.1. The summed E-state index contributed by atoms with van der Waals surface area (Å²) in [6.45, 7) is 1.85. The number of carbonyl (C=O) groups excluding carboxylic acids is 1. The molecule has 1 saturated heterocycles. The Morgan fingerprint density at radius 1 is 1.04 bits per heavy atom. The Labute approximate surface area is 151 Å². The molecule has 0 N–H and O–H groups in total. The number of ether oxygens (including phenoxy) is 2. The Hall–Kier alpha value is -3.09. The van der Waals surface area contributed by atoms with Crippen molar-refractivity contribution in [2.45, 2.75) is 12.8 Å². The number of carbonyl (C=O) groups is 1. The van der Waals surface area contributed by atoms with Gasteiger partial charge in [0.2, 0.25) is 0 Å². The number of hydrogen-bond donors (Lipinski definition) is 0. The van der Waals surface area contributed by atoms with Gasteiger partial charge in [-0.1, -0.05) is 18.2 Å². The number of likely N-dealkylation sites (tertiary alicyclic amines) is 1. The van der Waals surface area contributed by atoms with Gasteiger partial charge in [-0.05, 0) is 43.0 Å². The molecule has 1 fully saturated rings. The van der Waals surface area contributed by atoms with E-state index in [2.05, 4.69) is 0 Å². The molecule has 0 spiro atoms. The summed E-state index contributed by atoms with van der Waals surface area (Å²) in [5.74, 6) is 1.56. The molecular weight excluding hydrogens is 336 g/mol. The maximum Gasteiger partial charge on any atom is 0.415 e. The highest BCUT2D eigenvalue weighted by Crippen LogP contribution is 2.22. The van der Waals surface area contributed by atoms with Crippen molar-refractivity contribution in [3.05, 3.63) is 64.7 Å². The van der Waals surface area contributed by atoms with E-state index in [0.29, 0.717) is 31.4 Å². The molecule has 26 heavy (non-hydrogen) atoms. The van der Waals surface area contributed by atoms with Crippen LogP contribution in [0.25, 0.3) is 0 Å². The molecule has 3 rings (SSSR count). The van der Waals surface area contributed by atoms with Crippen molar-refractivity contribution in [3.63, 3.8) is 0 Å². The fourth-order valence-electron chi connectivity index (χ4n) is 2.81. The highest BCUT2D eigenvalue weighted by molar-refractivity contribution is 5.70. The van der Waals surface area contributed by atoms with Gasteiger partial charge in [-0.2, -0.15) is 0 Å². The van der Waals surface area contributed by atoms with Gasteiger partial charge >= 0.3 is 6.09 Å². The molecule has 0 atom stereocenters. The number of rotatable bonds is 5. The third kappa shape index (κ3) is 4.72. The first-order valence-electron chi connectivity index (χ1n) is 8.51. The molecule has 0 aliphatic carbocycles. The van der Waals surface area contributed by atoms with Crippen LogP contribution in [0.3, 0.4) is 0 Å². The number of nitrogens with zero attached hydrogens (tertiary/aromatic N) is 2. The molecule has 0 radical (unpaired) electrons. The van der Waals surface area contributed by atoms with Gasteiger partial charge in [0.25, 0.3) is 5.69 Å². The van der Waals surface area contributed by atoms with Crippen LogP contribution in [0.1, 0.15) is 12.8 Å². The molecule has 136 valence electrons. The van der Waals surface area contributed by atoms with E-state index < -0.39 is 11.0 Å². The van der Waals surface area contributed by atoms with Crippen LogP contribution in [0, 0.1) is 16.0 Å². The number of benzene rings is 2. The van der Waals surface area contributed by atoms with Crippen molar-refractivity contribution in [3.8, 4) is 11.5 Å². The summed E-state index contributed by atoms with van der Waals surface area (Å²) >= 11 is 0. The second kappa shape index (κ2) is 8.33. The Morgan fingerprint density at radius 3 is 2.31 bits per heavy atom. The first kappa shape index (κ1) is 17.7. The minimum atomic E-state index is -0.492. The molecule has 0 unspecified atom stereocenters. The smallest absolute Gasteiger partial charge is 0.415 e. The lowest BCUT2D eigenvalue weighted by atomic mass is 9.98. The van der Waals surface area contributed by atoms with E-state index in [1.54, 1.807) is 4.90 Å². The largest absolute Gasteiger partial charge is 0.493 e. The van der Waals surface area contributed by atoms with Crippen molar-refractivity contribution < 1.29 is 19.2 Å². The summed E-state index contributed by atoms with van der Waals surface area (Å²) in [7, 11) is 0. The van der Waals surface area contributed by atoms with Crippen LogP contribution in [0.5, 0.6) is 11.5 Å². The van der Waals surface area contributed by atoms with Gasteiger partial charge in [-0.15, -0.1) is 0 Å². The average Bonchev–Trinajstić information content (AvgIpc) is 2.68. The first-order valence-corrected chi connectivity index (χ1v) is 8.51. The lowest BCUT2D eigenvalue weighted by Crippen LogP contribution is -2.41. The van der Waals surface area contributed by atoms with Crippen molar-refractivity contribution in [1.29, 1.82) is 0 Å². The Morgan fingerprint density at radius 2 is 1.69 bits per heavy atom. The van der Waals surface area contributed by atoms with Crippen molar-refractivity contribution >= 4 is 11.8 Å². The average molecular weight is 356 g/mol. The lowest BCUT2D eigenvalue weighted by Gasteiger charge is -2.31. The summed E-state index contributed by atoms with van der Waals surface area (Å²) in [5, 5.41) is 10.6. The molecule has 0 saturated carbocycles. The lowest BCUT2D eigenvalue weighted by molar-refractivity contribution is -0.384. The highest BCUT2D eigenvalue weighted by atomic mass is 16.6. The van der Waals surface area contributed by atoms with Gasteiger partial charge < -0.3 is 14.4 Å². The van der Waals surface area contributed by atoms with E-state index in [4.69, 9.17) is 9.47 Å². The number of para-hydroxylation sites is 1. The number of hydrogen-bond acceptors (Lipinski definition) is 5. The van der Waals surface area contributed by atoms with E-state index in [1.807, 2.05) is 30.3 Å². The molecule has 1 aliphatic heterocycles. The molecule has 1 aliphatic rings. The molecule has 2 aromatic carbocycles. The standard InChI is InChI=1S/C19H20N2O5/c22-19(26-18-8-6-16(7-9-18)21(23)24)20-12-10-15(11-13-20)14-25-17-4-2-1-3-5-17/h1-9,15H,10-14H2. The van der Waals surface area contributed by atoms with Crippen molar-refractivity contribution in [1.82, 2.24) is 4.90 Å². The normalized spacial score (nSPS) is 14.7. The van der Waals surface area contributed by atoms with Crippen LogP contribution in [0.2, 0.25) is 0 Å². The predicted octanol–water partition coefficient (Wildman–Crippen LogP) is 3.88. The minimum Gasteiger partial charge on any atom is -0.493 e. The maximum atomic E-state index is 12.2. The fraction of sp³-hybridized carbons (Fsp3) is 0.316. The molecule has 7 nitrogen and oxygen atoms in total. The van der Waals surface area contributed by atoms with Crippen LogP contribution < -0.4 is 9.47 Å². The van der Waals surface area contributed by atoms with Crippen molar-refractivity contribution in [2.24, 2.45) is 5.92 Å². The maximum absolute atomic E-state index is 12.2. The molecule has 0 aromatic heterocycles. The van der Waals surface area contributed by atoms with E-state index in [0.717, 1.165) is 18.6 Å². The Balaban J connectivity index is 1.43. The van der Waals surface area contributed by atoms with Crippen LogP contribution in [-0.2, 0) is 0 Å². The van der Waals surface area contributed by atoms with Crippen LogP contribution in [0.15, 0.2) is 54.6 Å². The van der Waals surface area contributed by atoms with Crippen LogP contribution in [0.4, 0.5) is 10.5 Å². The second-order valence-corrected chi connectivity index (χ2v) is 6.17. The van der Waals surface area contributed by atoms with Gasteiger partial charge in [0, 0.05) is 25.2 Å². The van der Waals surface area contributed by atoms with Gasteiger partial charge in [-0.25, -0.2) is 4.79 Å². The third-order valence-corrected chi connectivity index (χ3v) is 4.35. The number of non-ortho nitro benzene ring substituents is 1. The molecular formula is C19H20N2O5. The minimum absolute atomic E-state index is 0.0379. The zero-order valence-electron chi connectivity index (χ0n) is 14.2. The van der Waals surface area contributed by atoms with E-state index >= 15 is 0 Å². The quantitative estimate of drug-likeness (QED) is 0.600. The Kier molecular flexibility index (Phi) is 5.68. The Bertz CT molecular complexity index is 740. The van der Waals surface area contributed by atoms with Gasteiger partial charge in [0.1, 0.15) is 11.5 Å². The number of nitro benzene ring substituents is 1. The van der Waals surface area contributed by atoms with Gasteiger partial charge in [0.05, 0.1) is 11.5 Å². The zero-order valence-corrected chi connectivity index (χ0v) is 14.2. The zero-order chi connectivity index (χ0) is 18.4. The van der Waals surface area contributed by atoms with Crippen LogP contribution in [-0.4, -0.2) is 35.6 Å². The number of piperidine rings is 1. The summed E-state index contributed by atoms with van der Waals surface area (Å²) in [6, 6.07) is 15.2. The molecule has 2 aromatic rings. The first-order chi connectivity index (χ1) is 12.6. The summed E-state index contributed by atoms with van der Waals surface area (Å²) in [4.78, 5) is 24.0. The van der Waals surface area contributed by atoms with Crippen LogP contribution >= 0.6 is 0 Å². The monoisotopic (exact) mass is 356 g/mol. The third-order valence-electron chi connectivity index (χ3n) is 4.35. The van der Waals surface area contributed by atoms with E-state index in [9.17, 15) is 14.9 Å². The molecule has 1 amide bonds. The van der Waals surface area contributed by atoms with Gasteiger partial charge in [0.15, 0.2) is 0 Å². The summed E-state index contributed by atoms with van der Waals surface area (Å²) in [6.07, 6.45) is 1.27. The topological polar surface area (TPSA) is 81.9 Å². The SMILES string of the molecule is O=C(Oc1ccc([N+](=O)[O-])cc1)N1CCC(COc2ccccc2)CC1. The summed E-state index contributed by atoms with van der Waals surface area (Å²) in [5.41, 5.74) is -0.0379. The van der Waals surface area contributed by atoms with Gasteiger partial charge in [-0.3, -0.25) is 10.1 Å². The number of amides is 1. The molecule has 0 bridgehead atoms. The van der Waals surface area contributed by atoms with E-state index in [-0.39, 0.29) is 5.69 Å². The highest BCUT2D eigenvalue weighted by Gasteiger charge is 2.24. The molecule has 7 heteroatoms. The second-order valence-electron chi connectivity index (χ2n) is 6.17. The number of nitro groups is 1. The molecule has 1 heterocycles. The predicted molar refractivity (Wildman–Crippen MR) is 95.4 cm³/mol. The van der Waals surface area contributed by atoms with E-state index in [1.165, 1.54) is 24.3 Å². The van der Waals surface area contributed by atoms with Crippen molar-refractivity contribution in [2.75, 3.05) is 19.7 Å².